The van der Waals surface area contributed by atoms with Gasteiger partial charge in [0.2, 0.25) is 6.61 Å². The fourth-order valence-corrected chi connectivity index (χ4v) is 8.91. The van der Waals surface area contributed by atoms with Gasteiger partial charge in [0.15, 0.2) is 0 Å². The first-order valence-corrected chi connectivity index (χ1v) is 44.2. The van der Waals surface area contributed by atoms with Crippen LogP contribution in [0, 0.1) is 6.92 Å². The maximum absolute atomic E-state index is 12.1. The summed E-state index contributed by atoms with van der Waals surface area (Å²) in [5, 5.41) is 33.5. The van der Waals surface area contributed by atoms with Gasteiger partial charge in [0, 0.05) is 26.4 Å². The van der Waals surface area contributed by atoms with Crippen LogP contribution in [0.2, 0.25) is 0 Å². The zero-order valence-corrected chi connectivity index (χ0v) is 77.8. The predicted octanol–water partition coefficient (Wildman–Crippen LogP) is 8.99. The van der Waals surface area contributed by atoms with Gasteiger partial charge in [-0.05, 0) is 188 Å². The van der Waals surface area contributed by atoms with Crippen molar-refractivity contribution in [1.82, 2.24) is 0 Å². The topological polar surface area (TPSA) is 554 Å². The molecule has 0 amide bonds. The van der Waals surface area contributed by atoms with Gasteiger partial charge in [0.05, 0.1) is 112 Å². The van der Waals surface area contributed by atoms with Gasteiger partial charge in [-0.3, -0.25) is 19.2 Å². The van der Waals surface area contributed by atoms with Crippen LogP contribution < -0.4 is 0 Å². The van der Waals surface area contributed by atoms with E-state index in [1.165, 1.54) is 0 Å². The number of hydrogen-bond donors (Lipinski definition) is 4. The lowest BCUT2D eigenvalue weighted by atomic mass is 10.2. The molecule has 0 aliphatic heterocycles. The van der Waals surface area contributed by atoms with E-state index >= 15 is 0 Å². The molecule has 0 saturated carbocycles. The Morgan fingerprint density at radius 1 is 0.182 bits per heavy atom. The molecular formula is C92H143O40+. The molecule has 0 unspecified atom stereocenters. The minimum Gasteiger partial charge on any atom is -0.465 e. The minimum absolute atomic E-state index is 0.00846. The molecule has 0 rings (SSSR count). The fourth-order valence-electron chi connectivity index (χ4n) is 8.91. The van der Waals surface area contributed by atoms with Gasteiger partial charge in [-0.15, -0.1) is 0 Å². The van der Waals surface area contributed by atoms with Crippen molar-refractivity contribution in [2.45, 2.75) is 240 Å². The smallest absolute Gasteiger partial charge is 0.348 e. The summed E-state index contributed by atoms with van der Waals surface area (Å²) in [4.78, 5) is 209. The number of esters is 18. The van der Waals surface area contributed by atoms with Crippen molar-refractivity contribution in [3.8, 4) is 0 Å². The molecule has 0 aromatic rings. The van der Waals surface area contributed by atoms with Gasteiger partial charge in [-0.25, -0.2) is 67.1 Å². The maximum atomic E-state index is 12.1. The van der Waals surface area contributed by atoms with E-state index in [4.69, 9.17) is 86.7 Å². The lowest BCUT2D eigenvalue weighted by Crippen LogP contribution is -2.19. The lowest BCUT2D eigenvalue weighted by molar-refractivity contribution is -0.156. The molecule has 0 fully saturated rings. The second kappa shape index (κ2) is 91.3. The Morgan fingerprint density at radius 3 is 0.455 bits per heavy atom. The van der Waals surface area contributed by atoms with Crippen LogP contribution in [0.5, 0.6) is 0 Å². The van der Waals surface area contributed by atoms with E-state index in [-0.39, 0.29) is 180 Å². The van der Waals surface area contributed by atoms with Crippen LogP contribution in [-0.4, -0.2) is 273 Å². The van der Waals surface area contributed by atoms with Crippen molar-refractivity contribution in [3.05, 3.63) is 92.0 Å². The molecule has 4 N–H and O–H groups in total. The number of rotatable bonds is 74. The van der Waals surface area contributed by atoms with Crippen molar-refractivity contribution in [3.63, 3.8) is 0 Å². The standard InChI is InChI=1S/C49H72O20.C17H24O8.C13H24O6.C8H11O4.C5H12O2/c1-7-9-15-27-62-42(52)36(3)44(54)66-31-21-13-23-33-68-48(58)38(5)46(56)64-29-19-11-17-25-60-40(50)35-41(51)61-26-18-12-20-30-65-47(57)39(6)49(59)69-34-24-14-22-32-67-45(55)37(4)43(53)63-28-16-10-8-2;1-5-22-14(18)12(3)16(20)24-10-8-7-9-11-25-17(21)13(4)15(19)23-6-2;14-7-3-1-5-9-18-12(16)11-13(17)19-10-6-2-4-8-15;1-4-11-7(9)6(3)8(10)12-5-2;6-4-2-1-3-5-7/h3-35H2,1-2H3;3-11H2,1-2H3;14-15H,1-11H2;1,3-5H2,2H3;6-7H,1-5H2/q;;;+1;. The van der Waals surface area contributed by atoms with E-state index in [0.29, 0.717) is 135 Å². The van der Waals surface area contributed by atoms with E-state index in [1.54, 1.807) is 20.8 Å². The molecule has 40 heteroatoms. The van der Waals surface area contributed by atoms with Crippen molar-refractivity contribution in [2.75, 3.05) is 145 Å². The number of carbonyl (C=O) groups excluding carboxylic acids is 18. The number of carbonyl (C=O) groups is 18. The molecule has 0 bridgehead atoms. The highest BCUT2D eigenvalue weighted by Gasteiger charge is 2.26. The molecule has 40 nitrogen and oxygen atoms in total. The molecule has 0 saturated heterocycles. The molecular weight excluding hydrogens is 1740 g/mol. The lowest BCUT2D eigenvalue weighted by Gasteiger charge is -2.09. The minimum atomic E-state index is -0.934. The molecule has 0 radical (unpaired) electrons. The zero-order chi connectivity index (χ0) is 100. The average Bonchev–Trinajstić information content (AvgIpc) is 0.962. The van der Waals surface area contributed by atoms with Crippen molar-refractivity contribution >= 4 is 107 Å². The average molecular weight is 1890 g/mol. The molecule has 750 valence electrons. The molecule has 0 aromatic carbocycles. The Bertz CT molecular complexity index is 3260. The van der Waals surface area contributed by atoms with Crippen LogP contribution in [0.25, 0.3) is 0 Å². The summed E-state index contributed by atoms with van der Waals surface area (Å²) in [6.07, 6.45) is 18.1. The summed E-state index contributed by atoms with van der Waals surface area (Å²) in [5.41, 5.74) is -2.72. The van der Waals surface area contributed by atoms with Gasteiger partial charge < -0.3 is 106 Å². The fraction of sp³-hybridized carbons (Fsp3) is 0.641. The van der Waals surface area contributed by atoms with Crippen molar-refractivity contribution < 1.29 is 192 Å². The molecule has 0 atom stereocenters. The number of hydrogen-bond acceptors (Lipinski definition) is 40. The summed E-state index contributed by atoms with van der Waals surface area (Å²) in [5.74, 6) is -14.6. The van der Waals surface area contributed by atoms with Crippen molar-refractivity contribution in [1.29, 1.82) is 0 Å². The third-order valence-corrected chi connectivity index (χ3v) is 16.3. The Balaban J connectivity index is -0.000000678. The van der Waals surface area contributed by atoms with E-state index in [0.717, 1.165) is 57.8 Å². The second-order valence-corrected chi connectivity index (χ2v) is 27.5. The molecule has 0 aromatic heterocycles. The van der Waals surface area contributed by atoms with Gasteiger partial charge in [-0.2, -0.15) is 0 Å². The Kier molecular flexibility index (Phi) is 89.1. The van der Waals surface area contributed by atoms with Crippen LogP contribution in [-0.2, 0) is 172 Å². The summed E-state index contributed by atoms with van der Waals surface area (Å²) in [7, 11) is 0. The van der Waals surface area contributed by atoms with E-state index in [1.807, 2.05) is 13.8 Å². The highest BCUT2D eigenvalue weighted by atomic mass is 16.6. The van der Waals surface area contributed by atoms with Crippen LogP contribution in [0.15, 0.2) is 85.1 Å². The third-order valence-electron chi connectivity index (χ3n) is 16.3. The van der Waals surface area contributed by atoms with Crippen LogP contribution in [0.1, 0.15) is 240 Å². The van der Waals surface area contributed by atoms with E-state index in [9.17, 15) is 86.3 Å². The van der Waals surface area contributed by atoms with Crippen LogP contribution in [0.4, 0.5) is 0 Å². The third kappa shape index (κ3) is 78.2. The highest BCUT2D eigenvalue weighted by Crippen LogP contribution is 2.13. The number of aliphatic hydroxyl groups excluding tert-OH is 4. The Hall–Kier alpha value is -11.6. The van der Waals surface area contributed by atoms with Gasteiger partial charge in [0.25, 0.3) is 0 Å². The van der Waals surface area contributed by atoms with Gasteiger partial charge >= 0.3 is 107 Å². The van der Waals surface area contributed by atoms with Crippen LogP contribution >= 0.6 is 0 Å². The van der Waals surface area contributed by atoms with Gasteiger partial charge in [-0.1, -0.05) is 85.6 Å². The SMILES string of the molecule is C=C(C(=O)OCC)C(=O)OCCCCCOC(=O)C(=C)C(=O)OCC.C=C(C(=O)OCCCCC)C(=O)OCCCCCOC(=O)C(=C)C(=O)OCCCCCOC(=O)CC(=O)OCCCCCOC(=O)C(=C)C(=O)OCCCCCOC(=O)C(=C)C(=O)OCCCCC.C=C(C(=O)OC[CH2+])C(=O)OCC.O=C(CC(=O)OCCCCCO)OCCCCCO.OCCCCCO. The van der Waals surface area contributed by atoms with E-state index < -0.39 is 125 Å². The normalized spacial score (nSPS) is 10.0. The molecule has 0 heterocycles. The highest BCUT2D eigenvalue weighted by molar-refractivity contribution is 6.16. The van der Waals surface area contributed by atoms with E-state index in [2.05, 4.69) is 71.9 Å². The largest absolute Gasteiger partial charge is 0.465 e. The number of ether oxygens (including phenoxy) is 18. The predicted molar refractivity (Wildman–Crippen MR) is 471 cm³/mol. The summed E-state index contributed by atoms with van der Waals surface area (Å²) in [6, 6.07) is 0. The molecule has 0 aliphatic rings. The Morgan fingerprint density at radius 2 is 0.311 bits per heavy atom. The maximum Gasteiger partial charge on any atom is 0.348 e. The summed E-state index contributed by atoms with van der Waals surface area (Å²) in [6.45, 7) is 38.1. The monoisotopic (exact) mass is 1890 g/mol. The number of unbranched alkanes of at least 4 members (excludes halogenated alkanes) is 20. The van der Waals surface area contributed by atoms with Crippen LogP contribution in [0.3, 0.4) is 0 Å². The first-order chi connectivity index (χ1) is 63.2. The molecule has 132 heavy (non-hydrogen) atoms. The van der Waals surface area contributed by atoms with Gasteiger partial charge in [0.1, 0.15) is 58.8 Å². The summed E-state index contributed by atoms with van der Waals surface area (Å²) < 4.78 is 87.8. The Labute approximate surface area is 773 Å². The molecule has 0 aliphatic carbocycles. The molecule has 0 spiro atoms. The first kappa shape index (κ1) is 129. The quantitative estimate of drug-likeness (QED) is 0.00838. The first-order valence-electron chi connectivity index (χ1n) is 44.2. The zero-order valence-electron chi connectivity index (χ0n) is 77.8. The second-order valence-electron chi connectivity index (χ2n) is 27.5. The summed E-state index contributed by atoms with van der Waals surface area (Å²) >= 11 is 0. The van der Waals surface area contributed by atoms with Crippen molar-refractivity contribution in [2.24, 2.45) is 0 Å². The number of aliphatic hydroxyl groups is 4.